The molecule has 0 aliphatic carbocycles. The van der Waals surface area contributed by atoms with Crippen LogP contribution in [0.2, 0.25) is 0 Å². The van der Waals surface area contributed by atoms with Crippen LogP contribution in [0.4, 0.5) is 5.69 Å². The second-order valence-electron chi connectivity index (χ2n) is 6.82. The normalized spacial score (nSPS) is 15.3. The number of carbonyl (C=O) groups is 2. The molecule has 0 saturated heterocycles. The quantitative estimate of drug-likeness (QED) is 0.726. The number of aromatic nitrogens is 2. The van der Waals surface area contributed by atoms with Crippen molar-refractivity contribution >= 4 is 17.5 Å². The number of likely N-dealkylation sites (N-methyl/N-ethyl adjacent to an activating group) is 1. The van der Waals surface area contributed by atoms with Crippen LogP contribution in [0.25, 0.3) is 5.69 Å². The summed E-state index contributed by atoms with van der Waals surface area (Å²) in [7, 11) is 1.56. The number of benzene rings is 2. The van der Waals surface area contributed by atoms with E-state index < -0.39 is 6.10 Å². The number of nitrogens with one attached hydrogen (secondary N) is 1. The van der Waals surface area contributed by atoms with Crippen molar-refractivity contribution in [1.29, 1.82) is 0 Å². The summed E-state index contributed by atoms with van der Waals surface area (Å²) in [5.41, 5.74) is 2.64. The van der Waals surface area contributed by atoms with Crippen LogP contribution in [0.1, 0.15) is 12.0 Å². The van der Waals surface area contributed by atoms with E-state index >= 15 is 0 Å². The standard InChI is InChI=1S/C22H22N4O3/c1-23-22(28)20-15-25(18-9-5-6-10-19(18)29-20)21(27)12-11-16-13-24-26(14-16)17-7-3-2-4-8-17/h2-10,13-14,20H,11-12,15H2,1H3,(H,23,28). The molecule has 2 heterocycles. The number of aryl methyl sites for hydroxylation is 1. The highest BCUT2D eigenvalue weighted by Gasteiger charge is 2.33. The minimum absolute atomic E-state index is 0.0536. The number of para-hydroxylation sites is 3. The Hall–Kier alpha value is -3.61. The van der Waals surface area contributed by atoms with E-state index in [1.807, 2.05) is 54.7 Å². The molecule has 1 aliphatic heterocycles. The molecular formula is C22H22N4O3. The molecule has 0 bridgehead atoms. The van der Waals surface area contributed by atoms with E-state index in [-0.39, 0.29) is 18.4 Å². The van der Waals surface area contributed by atoms with Crippen molar-refractivity contribution < 1.29 is 14.3 Å². The maximum Gasteiger partial charge on any atom is 0.262 e. The SMILES string of the molecule is CNC(=O)C1CN(C(=O)CCc2cnn(-c3ccccc3)c2)c2ccccc2O1. The van der Waals surface area contributed by atoms with Crippen LogP contribution < -0.4 is 15.0 Å². The number of ether oxygens (including phenoxy) is 1. The number of carbonyl (C=O) groups excluding carboxylic acids is 2. The fraction of sp³-hybridized carbons (Fsp3) is 0.227. The van der Waals surface area contributed by atoms with E-state index in [1.165, 1.54) is 0 Å². The smallest absolute Gasteiger partial charge is 0.262 e. The molecule has 29 heavy (non-hydrogen) atoms. The van der Waals surface area contributed by atoms with Crippen molar-refractivity contribution in [2.24, 2.45) is 0 Å². The van der Waals surface area contributed by atoms with E-state index in [2.05, 4.69) is 10.4 Å². The Morgan fingerprint density at radius 1 is 1.14 bits per heavy atom. The van der Waals surface area contributed by atoms with Crippen molar-refractivity contribution in [3.05, 3.63) is 72.6 Å². The van der Waals surface area contributed by atoms with Crippen molar-refractivity contribution in [2.75, 3.05) is 18.5 Å². The molecule has 0 fully saturated rings. The van der Waals surface area contributed by atoms with Gasteiger partial charge in [-0.15, -0.1) is 0 Å². The number of amides is 2. The number of rotatable bonds is 5. The van der Waals surface area contributed by atoms with Crippen LogP contribution in [0.5, 0.6) is 5.75 Å². The average Bonchev–Trinajstić information content (AvgIpc) is 3.26. The summed E-state index contributed by atoms with van der Waals surface area (Å²) in [6.07, 6.45) is 3.87. The van der Waals surface area contributed by atoms with Crippen molar-refractivity contribution in [3.8, 4) is 11.4 Å². The summed E-state index contributed by atoms with van der Waals surface area (Å²) in [5.74, 6) is 0.237. The second kappa shape index (κ2) is 8.18. The van der Waals surface area contributed by atoms with Crippen LogP contribution in [-0.4, -0.2) is 41.3 Å². The van der Waals surface area contributed by atoms with Gasteiger partial charge >= 0.3 is 0 Å². The molecule has 0 spiro atoms. The van der Waals surface area contributed by atoms with Gasteiger partial charge in [-0.3, -0.25) is 9.59 Å². The summed E-state index contributed by atoms with van der Waals surface area (Å²) in [6.45, 7) is 0.193. The van der Waals surface area contributed by atoms with E-state index in [1.54, 1.807) is 28.9 Å². The van der Waals surface area contributed by atoms with Crippen molar-refractivity contribution in [2.45, 2.75) is 18.9 Å². The van der Waals surface area contributed by atoms with Crippen LogP contribution in [0, 0.1) is 0 Å². The van der Waals surface area contributed by atoms with Gasteiger partial charge in [0.05, 0.1) is 24.1 Å². The molecule has 1 aliphatic rings. The molecule has 1 N–H and O–H groups in total. The number of anilines is 1. The zero-order valence-corrected chi connectivity index (χ0v) is 16.1. The molecule has 7 nitrogen and oxygen atoms in total. The zero-order chi connectivity index (χ0) is 20.2. The molecule has 2 aromatic carbocycles. The number of fused-ring (bicyclic) bond motifs is 1. The fourth-order valence-electron chi connectivity index (χ4n) is 3.37. The lowest BCUT2D eigenvalue weighted by atomic mass is 10.1. The number of nitrogens with zero attached hydrogens (tertiary/aromatic N) is 3. The molecular weight excluding hydrogens is 368 g/mol. The van der Waals surface area contributed by atoms with E-state index in [0.29, 0.717) is 24.3 Å². The van der Waals surface area contributed by atoms with Gasteiger partial charge in [0, 0.05) is 19.7 Å². The third kappa shape index (κ3) is 3.99. The van der Waals surface area contributed by atoms with Crippen LogP contribution >= 0.6 is 0 Å². The predicted molar refractivity (Wildman–Crippen MR) is 109 cm³/mol. The first-order valence-corrected chi connectivity index (χ1v) is 9.52. The van der Waals surface area contributed by atoms with Gasteiger partial charge < -0.3 is 15.0 Å². The fourth-order valence-corrected chi connectivity index (χ4v) is 3.37. The zero-order valence-electron chi connectivity index (χ0n) is 16.1. The molecule has 2 amide bonds. The summed E-state index contributed by atoms with van der Waals surface area (Å²) in [4.78, 5) is 26.7. The maximum atomic E-state index is 13.0. The van der Waals surface area contributed by atoms with Gasteiger partial charge in [-0.2, -0.15) is 5.10 Å². The molecule has 0 saturated carbocycles. The monoisotopic (exact) mass is 390 g/mol. The third-order valence-electron chi connectivity index (χ3n) is 4.90. The van der Waals surface area contributed by atoms with Gasteiger partial charge in [0.1, 0.15) is 5.75 Å². The minimum atomic E-state index is -0.723. The van der Waals surface area contributed by atoms with Crippen LogP contribution in [0.15, 0.2) is 67.0 Å². The first-order valence-electron chi connectivity index (χ1n) is 9.52. The molecule has 1 atom stereocenters. The van der Waals surface area contributed by atoms with Gasteiger partial charge in [0.15, 0.2) is 6.10 Å². The average molecular weight is 390 g/mol. The van der Waals surface area contributed by atoms with Gasteiger partial charge in [0.2, 0.25) is 5.91 Å². The lowest BCUT2D eigenvalue weighted by Gasteiger charge is -2.34. The van der Waals surface area contributed by atoms with E-state index in [4.69, 9.17) is 4.74 Å². The van der Waals surface area contributed by atoms with Crippen LogP contribution in [0.3, 0.4) is 0 Å². The Bertz CT molecular complexity index is 1020. The summed E-state index contributed by atoms with van der Waals surface area (Å²) < 4.78 is 7.56. The highest BCUT2D eigenvalue weighted by atomic mass is 16.5. The molecule has 148 valence electrons. The van der Waals surface area contributed by atoms with Gasteiger partial charge in [-0.05, 0) is 36.2 Å². The third-order valence-corrected chi connectivity index (χ3v) is 4.90. The van der Waals surface area contributed by atoms with Crippen molar-refractivity contribution in [3.63, 3.8) is 0 Å². The Labute approximate surface area is 168 Å². The Morgan fingerprint density at radius 3 is 2.69 bits per heavy atom. The molecule has 0 radical (unpaired) electrons. The molecule has 4 rings (SSSR count). The molecule has 1 unspecified atom stereocenters. The minimum Gasteiger partial charge on any atom is -0.477 e. The number of hydrogen-bond acceptors (Lipinski definition) is 4. The number of hydrogen-bond donors (Lipinski definition) is 1. The largest absolute Gasteiger partial charge is 0.477 e. The Kier molecular flexibility index (Phi) is 5.29. The highest BCUT2D eigenvalue weighted by Crippen LogP contribution is 2.33. The maximum absolute atomic E-state index is 13.0. The first kappa shape index (κ1) is 18.7. The predicted octanol–water partition coefficient (Wildman–Crippen LogP) is 2.35. The molecule has 7 heteroatoms. The second-order valence-corrected chi connectivity index (χ2v) is 6.82. The van der Waals surface area contributed by atoms with Crippen LogP contribution in [-0.2, 0) is 16.0 Å². The van der Waals surface area contributed by atoms with Gasteiger partial charge in [-0.1, -0.05) is 30.3 Å². The van der Waals surface area contributed by atoms with Crippen molar-refractivity contribution in [1.82, 2.24) is 15.1 Å². The summed E-state index contributed by atoms with van der Waals surface area (Å²) in [5, 5.41) is 6.97. The summed E-state index contributed by atoms with van der Waals surface area (Å²) >= 11 is 0. The first-order chi connectivity index (χ1) is 14.2. The lowest BCUT2D eigenvalue weighted by molar-refractivity contribution is -0.127. The lowest BCUT2D eigenvalue weighted by Crippen LogP contribution is -2.50. The topological polar surface area (TPSA) is 76.5 Å². The highest BCUT2D eigenvalue weighted by molar-refractivity contribution is 5.97. The van der Waals surface area contributed by atoms with E-state index in [0.717, 1.165) is 11.3 Å². The summed E-state index contributed by atoms with van der Waals surface area (Å²) in [6, 6.07) is 17.1. The van der Waals surface area contributed by atoms with Gasteiger partial charge in [0.25, 0.3) is 5.91 Å². The van der Waals surface area contributed by atoms with Gasteiger partial charge in [-0.25, -0.2) is 4.68 Å². The van der Waals surface area contributed by atoms with E-state index in [9.17, 15) is 9.59 Å². The molecule has 1 aromatic heterocycles. The molecule has 3 aromatic rings. The Morgan fingerprint density at radius 2 is 1.90 bits per heavy atom. The Balaban J connectivity index is 1.47.